The van der Waals surface area contributed by atoms with Gasteiger partial charge in [-0.25, -0.2) is 4.79 Å². The number of hydrogen-bond acceptors (Lipinski definition) is 4. The number of hydrogen-bond donors (Lipinski definition) is 2. The molecule has 1 unspecified atom stereocenters. The van der Waals surface area contributed by atoms with Gasteiger partial charge < -0.3 is 20.1 Å². The number of carboxylic acid groups (broad SMARTS) is 1. The molecule has 146 valence electrons. The van der Waals surface area contributed by atoms with Gasteiger partial charge in [-0.05, 0) is 50.1 Å². The number of rotatable bonds is 6. The summed E-state index contributed by atoms with van der Waals surface area (Å²) >= 11 is 0. The van der Waals surface area contributed by atoms with E-state index < -0.39 is 24.5 Å². The fourth-order valence-electron chi connectivity index (χ4n) is 3.10. The molecule has 0 aliphatic carbocycles. The van der Waals surface area contributed by atoms with E-state index in [1.165, 1.54) is 6.07 Å². The zero-order chi connectivity index (χ0) is 20.1. The largest absolute Gasteiger partial charge is 0.482 e. The first-order chi connectivity index (χ1) is 13.4. The van der Waals surface area contributed by atoms with Crippen LogP contribution in [0.4, 0.5) is 5.69 Å². The molecule has 1 aliphatic rings. The molecule has 28 heavy (non-hydrogen) atoms. The first-order valence-corrected chi connectivity index (χ1v) is 9.07. The second-order valence-corrected chi connectivity index (χ2v) is 6.70. The van der Waals surface area contributed by atoms with Crippen molar-refractivity contribution in [2.45, 2.75) is 25.8 Å². The molecule has 2 aromatic carbocycles. The molecule has 1 heterocycles. The number of benzene rings is 2. The van der Waals surface area contributed by atoms with Crippen LogP contribution in [0.5, 0.6) is 5.75 Å². The van der Waals surface area contributed by atoms with Gasteiger partial charge in [-0.1, -0.05) is 23.8 Å². The highest BCUT2D eigenvalue weighted by atomic mass is 16.5. The number of carbonyl (C=O) groups excluding carboxylic acids is 2. The normalized spacial score (nSPS) is 16.5. The Kier molecular flexibility index (Phi) is 5.93. The van der Waals surface area contributed by atoms with E-state index in [-0.39, 0.29) is 11.7 Å². The molecule has 3 rings (SSSR count). The number of nitrogens with one attached hydrogen (secondary N) is 1. The zero-order valence-corrected chi connectivity index (χ0v) is 15.6. The molecule has 7 nitrogen and oxygen atoms in total. The van der Waals surface area contributed by atoms with Crippen LogP contribution in [0.2, 0.25) is 0 Å². The minimum atomic E-state index is -1.10. The smallest absolute Gasteiger partial charge is 0.341 e. The monoisotopic (exact) mass is 382 g/mol. The number of amides is 2. The van der Waals surface area contributed by atoms with Gasteiger partial charge in [0.1, 0.15) is 11.8 Å². The van der Waals surface area contributed by atoms with Crippen LogP contribution in [0.3, 0.4) is 0 Å². The summed E-state index contributed by atoms with van der Waals surface area (Å²) in [5.74, 6) is -1.35. The fourth-order valence-corrected chi connectivity index (χ4v) is 3.10. The maximum absolute atomic E-state index is 12.8. The van der Waals surface area contributed by atoms with Crippen LogP contribution in [-0.4, -0.2) is 42.1 Å². The van der Waals surface area contributed by atoms with E-state index in [0.717, 1.165) is 17.7 Å². The molecule has 2 N–H and O–H groups in total. The second-order valence-electron chi connectivity index (χ2n) is 6.70. The lowest BCUT2D eigenvalue weighted by atomic mass is 10.0. The van der Waals surface area contributed by atoms with Crippen molar-refractivity contribution in [3.05, 3.63) is 59.7 Å². The van der Waals surface area contributed by atoms with Gasteiger partial charge in [0.15, 0.2) is 6.61 Å². The van der Waals surface area contributed by atoms with Crippen LogP contribution in [0, 0.1) is 6.92 Å². The SMILES string of the molecule is Cc1ccc(N2CCCC(NC(=O)c3cccc(OCC(=O)O)c3)C2=O)cc1. The summed E-state index contributed by atoms with van der Waals surface area (Å²) in [6.45, 7) is 2.11. The lowest BCUT2D eigenvalue weighted by Gasteiger charge is -2.32. The number of ether oxygens (including phenoxy) is 1. The second kappa shape index (κ2) is 8.56. The summed E-state index contributed by atoms with van der Waals surface area (Å²) in [5.41, 5.74) is 2.24. The summed E-state index contributed by atoms with van der Waals surface area (Å²) in [4.78, 5) is 37.7. The minimum Gasteiger partial charge on any atom is -0.482 e. The summed E-state index contributed by atoms with van der Waals surface area (Å²) in [6.07, 6.45) is 1.36. The summed E-state index contributed by atoms with van der Waals surface area (Å²) < 4.78 is 5.10. The average molecular weight is 382 g/mol. The molecular weight excluding hydrogens is 360 g/mol. The molecule has 0 spiro atoms. The number of piperidine rings is 1. The summed E-state index contributed by atoms with van der Waals surface area (Å²) in [5, 5.41) is 11.5. The number of aryl methyl sites for hydroxylation is 1. The fraction of sp³-hybridized carbons (Fsp3) is 0.286. The molecule has 2 aromatic rings. The van der Waals surface area contributed by atoms with Crippen molar-refractivity contribution in [1.29, 1.82) is 0 Å². The van der Waals surface area contributed by atoms with Crippen LogP contribution in [0.1, 0.15) is 28.8 Å². The van der Waals surface area contributed by atoms with Gasteiger partial charge in [-0.15, -0.1) is 0 Å². The van der Waals surface area contributed by atoms with Gasteiger partial charge in [0, 0.05) is 17.8 Å². The van der Waals surface area contributed by atoms with E-state index in [2.05, 4.69) is 5.32 Å². The van der Waals surface area contributed by atoms with Gasteiger partial charge in [0.25, 0.3) is 5.91 Å². The van der Waals surface area contributed by atoms with E-state index in [1.807, 2.05) is 31.2 Å². The number of carbonyl (C=O) groups is 3. The van der Waals surface area contributed by atoms with Crippen molar-refractivity contribution < 1.29 is 24.2 Å². The Bertz CT molecular complexity index is 879. The molecule has 2 amide bonds. The number of carboxylic acids is 1. The van der Waals surface area contributed by atoms with Crippen molar-refractivity contribution in [1.82, 2.24) is 5.32 Å². The van der Waals surface area contributed by atoms with Gasteiger partial charge >= 0.3 is 5.97 Å². The Labute approximate surface area is 162 Å². The number of aliphatic carboxylic acids is 1. The summed E-state index contributed by atoms with van der Waals surface area (Å²) in [7, 11) is 0. The Hall–Kier alpha value is -3.35. The van der Waals surface area contributed by atoms with Crippen molar-refractivity contribution in [2.24, 2.45) is 0 Å². The van der Waals surface area contributed by atoms with E-state index >= 15 is 0 Å². The standard InChI is InChI=1S/C21H22N2O5/c1-14-7-9-16(10-8-14)23-11-3-6-18(21(23)27)22-20(26)15-4-2-5-17(12-15)28-13-19(24)25/h2,4-5,7-10,12,18H,3,6,11,13H2,1H3,(H,22,26)(H,24,25). The van der Waals surface area contributed by atoms with E-state index in [4.69, 9.17) is 9.84 Å². The van der Waals surface area contributed by atoms with Crippen LogP contribution < -0.4 is 15.0 Å². The van der Waals surface area contributed by atoms with Gasteiger partial charge in [-0.3, -0.25) is 9.59 Å². The molecule has 1 aliphatic heterocycles. The van der Waals surface area contributed by atoms with Crippen molar-refractivity contribution in [2.75, 3.05) is 18.1 Å². The maximum atomic E-state index is 12.8. The Morgan fingerprint density at radius 3 is 2.68 bits per heavy atom. The topological polar surface area (TPSA) is 95.9 Å². The lowest BCUT2D eigenvalue weighted by Crippen LogP contribution is -2.52. The lowest BCUT2D eigenvalue weighted by molar-refractivity contribution is -0.139. The quantitative estimate of drug-likeness (QED) is 0.800. The molecular formula is C21H22N2O5. The van der Waals surface area contributed by atoms with E-state index in [9.17, 15) is 14.4 Å². The van der Waals surface area contributed by atoms with E-state index in [0.29, 0.717) is 18.5 Å². The third-order valence-electron chi connectivity index (χ3n) is 4.55. The van der Waals surface area contributed by atoms with Gasteiger partial charge in [0.2, 0.25) is 5.91 Å². The molecule has 0 radical (unpaired) electrons. The van der Waals surface area contributed by atoms with Crippen molar-refractivity contribution in [3.8, 4) is 5.75 Å². The molecule has 1 saturated heterocycles. The molecule has 0 aromatic heterocycles. The van der Waals surface area contributed by atoms with Crippen LogP contribution in [-0.2, 0) is 9.59 Å². The Morgan fingerprint density at radius 1 is 1.21 bits per heavy atom. The molecule has 1 atom stereocenters. The molecule has 0 saturated carbocycles. The molecule has 7 heteroatoms. The first kappa shape index (κ1) is 19.4. The highest BCUT2D eigenvalue weighted by Crippen LogP contribution is 2.22. The van der Waals surface area contributed by atoms with Crippen molar-refractivity contribution >= 4 is 23.5 Å². The number of nitrogens with zero attached hydrogens (tertiary/aromatic N) is 1. The third kappa shape index (κ3) is 4.68. The highest BCUT2D eigenvalue weighted by molar-refractivity contribution is 6.03. The predicted molar refractivity (Wildman–Crippen MR) is 104 cm³/mol. The molecule has 1 fully saturated rings. The molecule has 0 bridgehead atoms. The highest BCUT2D eigenvalue weighted by Gasteiger charge is 2.31. The van der Waals surface area contributed by atoms with Crippen LogP contribution >= 0.6 is 0 Å². The average Bonchev–Trinajstić information content (AvgIpc) is 2.69. The van der Waals surface area contributed by atoms with E-state index in [1.54, 1.807) is 23.1 Å². The Balaban J connectivity index is 1.68. The van der Waals surface area contributed by atoms with Gasteiger partial charge in [0.05, 0.1) is 0 Å². The third-order valence-corrected chi connectivity index (χ3v) is 4.55. The van der Waals surface area contributed by atoms with Crippen LogP contribution in [0.15, 0.2) is 48.5 Å². The maximum Gasteiger partial charge on any atom is 0.341 e. The van der Waals surface area contributed by atoms with Crippen molar-refractivity contribution in [3.63, 3.8) is 0 Å². The summed E-state index contributed by atoms with van der Waals surface area (Å²) in [6, 6.07) is 13.3. The van der Waals surface area contributed by atoms with Gasteiger partial charge in [-0.2, -0.15) is 0 Å². The first-order valence-electron chi connectivity index (χ1n) is 9.07. The van der Waals surface area contributed by atoms with Crippen LogP contribution in [0.25, 0.3) is 0 Å². The minimum absolute atomic E-state index is 0.137. The number of anilines is 1. The Morgan fingerprint density at radius 2 is 1.96 bits per heavy atom. The predicted octanol–water partition coefficient (Wildman–Crippen LogP) is 2.38. The zero-order valence-electron chi connectivity index (χ0n) is 15.6.